The van der Waals surface area contributed by atoms with Gasteiger partial charge in [-0.05, 0) is 175 Å². The number of para-hydroxylation sites is 6. The summed E-state index contributed by atoms with van der Waals surface area (Å²) in [6.45, 7) is -0.0732. The SMILES string of the molecule is c1ccc(N2c3ccccc3B3c4cc5c(cc4N(c4ccccc4)c4cc(N(C6CCCCCC6)C6CCCCCC6)cc2c43)N(c2ccccc2)c2cc(N(C3CCCCCC3)C3CCCCCC3)cc3c2B5c2ccccc2N3c2ccccc2)cc1. The number of hydrogen-bond acceptors (Lipinski definition) is 6. The number of nitrogens with zero attached hydrogens (tertiary/aromatic N) is 6. The molecular weight excluding hydrogens is 1090 g/mol. The molecule has 0 unspecified atom stereocenters. The average Bonchev–Trinajstić information content (AvgIpc) is 0.717. The standard InChI is InChI=1S/C82H86B2N6/c1-2-14-34-59(33-13-1)85(60-35-15-3-4-16-36-60)67-53-77-81-79(55-67)89(65-45-25-11-26-46-65)75-58-76-72(57-71(75)83(81)69-49-29-31-51-73(69)87(77)63-41-21-9-22-42-63)84-70-50-30-32-52-74(70)88(64-43-23-10-24-44-64)78-54-68(56-80(82(78)84)90(76)66-47-27-12-28-48-66)86(61-37-17-5-6-18-38-61)62-39-19-7-8-20-40-62/h9-12,21-32,41-62H,1-8,13-20,33-40H2. The molecule has 17 rings (SSSR count). The topological polar surface area (TPSA) is 19.4 Å². The number of hydrogen-bond donors (Lipinski definition) is 0. The second-order valence-corrected chi connectivity index (χ2v) is 27.8. The summed E-state index contributed by atoms with van der Waals surface area (Å²) in [5, 5.41) is 0. The van der Waals surface area contributed by atoms with E-state index in [9.17, 15) is 0 Å². The van der Waals surface area contributed by atoms with E-state index in [4.69, 9.17) is 0 Å². The Kier molecular flexibility index (Phi) is 15.1. The predicted octanol–water partition coefficient (Wildman–Crippen LogP) is 18.4. The maximum Gasteiger partial charge on any atom is 0.252 e. The van der Waals surface area contributed by atoms with Crippen LogP contribution in [0, 0.1) is 0 Å². The van der Waals surface area contributed by atoms with Crippen molar-refractivity contribution in [1.82, 2.24) is 0 Å². The second kappa shape index (κ2) is 24.3. The molecule has 9 aromatic carbocycles. The van der Waals surface area contributed by atoms with Crippen molar-refractivity contribution in [3.63, 3.8) is 0 Å². The Labute approximate surface area is 536 Å². The van der Waals surface area contributed by atoms with E-state index in [-0.39, 0.29) is 13.4 Å². The quantitative estimate of drug-likeness (QED) is 0.0997. The summed E-state index contributed by atoms with van der Waals surface area (Å²) < 4.78 is 0. The highest BCUT2D eigenvalue weighted by molar-refractivity contribution is 7.03. The minimum absolute atomic E-state index is 0.0366. The molecular formula is C82H86B2N6. The van der Waals surface area contributed by atoms with Gasteiger partial charge in [0.25, 0.3) is 13.4 Å². The zero-order chi connectivity index (χ0) is 59.5. The maximum atomic E-state index is 3.04. The van der Waals surface area contributed by atoms with Crippen LogP contribution in [0.2, 0.25) is 0 Å². The highest BCUT2D eigenvalue weighted by Gasteiger charge is 2.49. The molecule has 4 fully saturated rings. The van der Waals surface area contributed by atoms with Crippen LogP contribution in [0.3, 0.4) is 0 Å². The first-order chi connectivity index (χ1) is 44.7. The number of benzene rings is 9. The largest absolute Gasteiger partial charge is 0.365 e. The van der Waals surface area contributed by atoms with E-state index in [1.165, 1.54) is 266 Å². The summed E-state index contributed by atoms with van der Waals surface area (Å²) in [5.41, 5.74) is 26.2. The number of fused-ring (bicyclic) bond motifs is 8. The minimum Gasteiger partial charge on any atom is -0.365 e. The van der Waals surface area contributed by atoms with Gasteiger partial charge in [0, 0.05) is 104 Å². The maximum absolute atomic E-state index is 3.04. The van der Waals surface area contributed by atoms with E-state index in [0.717, 1.165) is 0 Å². The molecule has 0 atom stereocenters. The normalized spacial score (nSPS) is 18.6. The van der Waals surface area contributed by atoms with Crippen LogP contribution in [0.4, 0.5) is 79.6 Å². The van der Waals surface area contributed by atoms with Gasteiger partial charge >= 0.3 is 0 Å². The Hall–Kier alpha value is -8.09. The highest BCUT2D eigenvalue weighted by atomic mass is 15.2. The Morgan fingerprint density at radius 2 is 0.489 bits per heavy atom. The Morgan fingerprint density at radius 1 is 0.233 bits per heavy atom. The van der Waals surface area contributed by atoms with Crippen molar-refractivity contribution in [2.45, 2.75) is 178 Å². The van der Waals surface area contributed by atoms with Crippen LogP contribution in [-0.2, 0) is 0 Å². The van der Waals surface area contributed by atoms with Gasteiger partial charge < -0.3 is 29.4 Å². The molecule has 0 aromatic heterocycles. The predicted molar refractivity (Wildman–Crippen MR) is 385 cm³/mol. The first-order valence-corrected chi connectivity index (χ1v) is 35.4. The molecule has 9 aromatic rings. The van der Waals surface area contributed by atoms with Crippen molar-refractivity contribution >= 4 is 126 Å². The second-order valence-electron chi connectivity index (χ2n) is 27.8. The Balaban J connectivity index is 0.961. The number of anilines is 14. The summed E-state index contributed by atoms with van der Waals surface area (Å²) >= 11 is 0. The fourth-order valence-corrected chi connectivity index (χ4v) is 18.7. The van der Waals surface area contributed by atoms with Crippen LogP contribution in [-0.4, -0.2) is 37.6 Å². The molecule has 4 aliphatic heterocycles. The zero-order valence-electron chi connectivity index (χ0n) is 52.7. The van der Waals surface area contributed by atoms with Crippen LogP contribution in [0.1, 0.15) is 154 Å². The first-order valence-electron chi connectivity index (χ1n) is 35.4. The summed E-state index contributed by atoms with van der Waals surface area (Å²) in [6, 6.07) is 83.0. The van der Waals surface area contributed by atoms with Gasteiger partial charge in [0.2, 0.25) is 0 Å². The van der Waals surface area contributed by atoms with Crippen LogP contribution >= 0.6 is 0 Å². The molecule has 90 heavy (non-hydrogen) atoms. The van der Waals surface area contributed by atoms with E-state index < -0.39 is 0 Å². The summed E-state index contributed by atoms with van der Waals surface area (Å²) in [4.78, 5) is 16.8. The molecule has 6 nitrogen and oxygen atoms in total. The van der Waals surface area contributed by atoms with Gasteiger partial charge in [-0.25, -0.2) is 0 Å². The third kappa shape index (κ3) is 9.75. The Bertz CT molecular complexity index is 3720. The molecule has 0 radical (unpaired) electrons. The van der Waals surface area contributed by atoms with E-state index >= 15 is 0 Å². The summed E-state index contributed by atoms with van der Waals surface area (Å²) in [5.74, 6) is 0. The van der Waals surface area contributed by atoms with Crippen molar-refractivity contribution in [3.8, 4) is 0 Å². The summed E-state index contributed by atoms with van der Waals surface area (Å²) in [6.07, 6.45) is 31.4. The minimum atomic E-state index is -0.0366. The van der Waals surface area contributed by atoms with Gasteiger partial charge in [0.15, 0.2) is 0 Å². The van der Waals surface area contributed by atoms with Crippen molar-refractivity contribution in [3.05, 3.63) is 206 Å². The van der Waals surface area contributed by atoms with Crippen molar-refractivity contribution in [2.24, 2.45) is 0 Å². The van der Waals surface area contributed by atoms with E-state index in [1.54, 1.807) is 0 Å². The molecule has 8 heteroatoms. The van der Waals surface area contributed by atoms with Crippen LogP contribution in [0.15, 0.2) is 206 Å². The van der Waals surface area contributed by atoms with E-state index in [2.05, 4.69) is 236 Å². The average molecular weight is 1180 g/mol. The molecule has 4 heterocycles. The molecule has 0 saturated heterocycles. The third-order valence-electron chi connectivity index (χ3n) is 22.6. The smallest absolute Gasteiger partial charge is 0.252 e. The zero-order valence-corrected chi connectivity index (χ0v) is 52.7. The van der Waals surface area contributed by atoms with Gasteiger partial charge in [-0.3, -0.25) is 0 Å². The number of rotatable bonds is 10. The van der Waals surface area contributed by atoms with Crippen LogP contribution in [0.25, 0.3) is 0 Å². The fraction of sp³-hybridized carbons (Fsp3) is 0.341. The highest BCUT2D eigenvalue weighted by Crippen LogP contribution is 2.52. The van der Waals surface area contributed by atoms with E-state index in [1.807, 2.05) is 0 Å². The van der Waals surface area contributed by atoms with Gasteiger partial charge in [0.05, 0.1) is 0 Å². The van der Waals surface area contributed by atoms with Crippen LogP contribution < -0.4 is 62.2 Å². The molecule has 4 aliphatic carbocycles. The molecule has 0 amide bonds. The first kappa shape index (κ1) is 55.9. The van der Waals surface area contributed by atoms with Crippen molar-refractivity contribution < 1.29 is 0 Å². The molecule has 0 N–H and O–H groups in total. The van der Waals surface area contributed by atoms with Gasteiger partial charge in [-0.2, -0.15) is 0 Å². The lowest BCUT2D eigenvalue weighted by Gasteiger charge is -2.48. The molecule has 0 bridgehead atoms. The molecule has 450 valence electrons. The van der Waals surface area contributed by atoms with Gasteiger partial charge in [-0.1, -0.05) is 218 Å². The van der Waals surface area contributed by atoms with E-state index in [0.29, 0.717) is 24.2 Å². The molecule has 8 aliphatic rings. The lowest BCUT2D eigenvalue weighted by molar-refractivity contribution is 0.432. The molecule has 0 spiro atoms. The third-order valence-corrected chi connectivity index (χ3v) is 22.6. The van der Waals surface area contributed by atoms with Crippen molar-refractivity contribution in [1.29, 1.82) is 0 Å². The molecule has 4 saturated carbocycles. The lowest BCUT2D eigenvalue weighted by atomic mass is 9.30. The van der Waals surface area contributed by atoms with Gasteiger partial charge in [-0.15, -0.1) is 0 Å². The fourth-order valence-electron chi connectivity index (χ4n) is 18.7. The van der Waals surface area contributed by atoms with Crippen LogP contribution in [0.5, 0.6) is 0 Å². The Morgan fingerprint density at radius 3 is 0.778 bits per heavy atom. The monoisotopic (exact) mass is 1180 g/mol. The van der Waals surface area contributed by atoms with Crippen molar-refractivity contribution in [2.75, 3.05) is 29.4 Å². The lowest BCUT2D eigenvalue weighted by Crippen LogP contribution is -2.65. The van der Waals surface area contributed by atoms with Gasteiger partial charge in [0.1, 0.15) is 0 Å². The summed E-state index contributed by atoms with van der Waals surface area (Å²) in [7, 11) is 0.